The maximum absolute atomic E-state index is 11.5. The van der Waals surface area contributed by atoms with Gasteiger partial charge in [-0.25, -0.2) is 9.36 Å². The lowest BCUT2D eigenvalue weighted by Crippen LogP contribution is -2.46. The fourth-order valence-corrected chi connectivity index (χ4v) is 2.51. The molecule has 2 rings (SSSR count). The van der Waals surface area contributed by atoms with Gasteiger partial charge in [-0.1, -0.05) is 0 Å². The van der Waals surface area contributed by atoms with Gasteiger partial charge in [-0.15, -0.1) is 0 Å². The van der Waals surface area contributed by atoms with E-state index < -0.39 is 44.9 Å². The number of carbonyl (C=O) groups excluding carboxylic acids is 1. The third kappa shape index (κ3) is 4.33. The van der Waals surface area contributed by atoms with Crippen LogP contribution in [-0.2, 0) is 18.6 Å². The molecule has 4 N–H and O–H groups in total. The Morgan fingerprint density at radius 1 is 1.39 bits per heavy atom. The van der Waals surface area contributed by atoms with Crippen LogP contribution in [-0.4, -0.2) is 58.0 Å². The van der Waals surface area contributed by atoms with Crippen LogP contribution in [0, 0.1) is 0 Å². The van der Waals surface area contributed by atoms with Crippen LogP contribution in [0.25, 0.3) is 0 Å². The molecule has 128 valence electrons. The molecule has 1 aliphatic heterocycles. The second-order valence-electron chi connectivity index (χ2n) is 4.86. The summed E-state index contributed by atoms with van der Waals surface area (Å²) >= 11 is 0. The second-order valence-corrected chi connectivity index (χ2v) is 6.10. The number of phosphoric ester groups is 1. The predicted molar refractivity (Wildman–Crippen MR) is 71.9 cm³/mol. The summed E-state index contributed by atoms with van der Waals surface area (Å²) in [6, 6.07) is 3.02. The second kappa shape index (κ2) is 7.02. The van der Waals surface area contributed by atoms with Crippen LogP contribution in [0.3, 0.4) is 0 Å². The van der Waals surface area contributed by atoms with E-state index >= 15 is 0 Å². The van der Waals surface area contributed by atoms with E-state index in [0.29, 0.717) is 0 Å². The molecule has 1 saturated heterocycles. The lowest BCUT2D eigenvalue weighted by Gasteiger charge is -2.13. The van der Waals surface area contributed by atoms with Gasteiger partial charge >= 0.3 is 13.8 Å². The van der Waals surface area contributed by atoms with Crippen LogP contribution >= 0.6 is 7.82 Å². The molecule has 0 spiro atoms. The zero-order chi connectivity index (χ0) is 17.2. The van der Waals surface area contributed by atoms with Gasteiger partial charge in [-0.3, -0.25) is 4.52 Å². The van der Waals surface area contributed by atoms with Crippen LogP contribution < -0.4 is 4.57 Å². The number of ether oxygens (including phenoxy) is 2. The molecule has 1 aromatic rings. The molecule has 2 unspecified atom stereocenters. The topological polar surface area (TPSA) is 147 Å². The van der Waals surface area contributed by atoms with Crippen molar-refractivity contribution in [2.24, 2.45) is 0 Å². The molecule has 2 heterocycles. The van der Waals surface area contributed by atoms with E-state index in [2.05, 4.69) is 9.26 Å². The Morgan fingerprint density at radius 2 is 2.09 bits per heavy atom. The van der Waals surface area contributed by atoms with Crippen molar-refractivity contribution in [3.05, 3.63) is 30.1 Å². The van der Waals surface area contributed by atoms with Gasteiger partial charge in [0, 0.05) is 6.07 Å². The molecular formula is C12H17NO9P+. The highest BCUT2D eigenvalue weighted by atomic mass is 31.2. The van der Waals surface area contributed by atoms with Crippen LogP contribution in [0.2, 0.25) is 0 Å². The Balaban J connectivity index is 2.14. The van der Waals surface area contributed by atoms with Crippen molar-refractivity contribution in [3.63, 3.8) is 0 Å². The maximum Gasteiger partial charge on any atom is 0.469 e. The SMILES string of the molecule is COC(=O)c1ccc[n+]([C@@H]2O[C@H](COP(=O)(O)O)C(O)C2O)c1. The molecule has 0 amide bonds. The van der Waals surface area contributed by atoms with E-state index in [1.165, 1.54) is 36.2 Å². The first-order valence-electron chi connectivity index (χ1n) is 6.53. The maximum atomic E-state index is 11.5. The average Bonchev–Trinajstić information content (AvgIpc) is 2.79. The Bertz CT molecular complexity index is 618. The molecule has 10 nitrogen and oxygen atoms in total. The van der Waals surface area contributed by atoms with Gasteiger partial charge in [0.15, 0.2) is 18.5 Å². The molecule has 0 bridgehead atoms. The van der Waals surface area contributed by atoms with E-state index in [-0.39, 0.29) is 5.56 Å². The third-order valence-electron chi connectivity index (χ3n) is 3.28. The monoisotopic (exact) mass is 350 g/mol. The first kappa shape index (κ1) is 18.0. The Morgan fingerprint density at radius 3 is 2.70 bits per heavy atom. The highest BCUT2D eigenvalue weighted by Gasteiger charge is 2.48. The molecule has 0 saturated carbocycles. The van der Waals surface area contributed by atoms with Gasteiger partial charge in [0.05, 0.1) is 13.7 Å². The van der Waals surface area contributed by atoms with Crippen molar-refractivity contribution >= 4 is 13.8 Å². The minimum absolute atomic E-state index is 0.204. The zero-order valence-corrected chi connectivity index (χ0v) is 12.9. The highest BCUT2D eigenvalue weighted by Crippen LogP contribution is 2.37. The Kier molecular flexibility index (Phi) is 5.48. The number of carbonyl (C=O) groups is 1. The summed E-state index contributed by atoms with van der Waals surface area (Å²) in [4.78, 5) is 28.8. The van der Waals surface area contributed by atoms with Crippen molar-refractivity contribution in [1.29, 1.82) is 0 Å². The lowest BCUT2D eigenvalue weighted by molar-refractivity contribution is -0.765. The first-order valence-corrected chi connectivity index (χ1v) is 8.07. The molecule has 4 atom stereocenters. The van der Waals surface area contributed by atoms with E-state index in [4.69, 9.17) is 14.5 Å². The number of methoxy groups -OCH3 is 1. The van der Waals surface area contributed by atoms with Gasteiger partial charge < -0.3 is 29.5 Å². The fraction of sp³-hybridized carbons (Fsp3) is 0.500. The van der Waals surface area contributed by atoms with E-state index in [1.807, 2.05) is 0 Å². The summed E-state index contributed by atoms with van der Waals surface area (Å²) in [5.74, 6) is -0.589. The Hall–Kier alpha value is -1.39. The number of rotatable bonds is 5. The normalized spacial score (nSPS) is 27.9. The molecule has 1 aromatic heterocycles. The molecule has 1 aliphatic rings. The summed E-state index contributed by atoms with van der Waals surface area (Å²) in [5.41, 5.74) is 0.204. The minimum Gasteiger partial charge on any atom is -0.465 e. The average molecular weight is 350 g/mol. The van der Waals surface area contributed by atoms with Gasteiger partial charge in [0.25, 0.3) is 6.23 Å². The van der Waals surface area contributed by atoms with Crippen LogP contribution in [0.4, 0.5) is 0 Å². The quantitative estimate of drug-likeness (QED) is 0.283. The van der Waals surface area contributed by atoms with Gasteiger partial charge in [0.2, 0.25) is 0 Å². The van der Waals surface area contributed by atoms with E-state index in [0.717, 1.165) is 0 Å². The predicted octanol–water partition coefficient (Wildman–Crippen LogP) is -1.51. The number of hydrogen-bond donors (Lipinski definition) is 4. The van der Waals surface area contributed by atoms with Crippen molar-refractivity contribution in [1.82, 2.24) is 0 Å². The number of aliphatic hydroxyl groups is 2. The number of esters is 1. The number of aliphatic hydroxyl groups excluding tert-OH is 2. The molecule has 0 aliphatic carbocycles. The fourth-order valence-electron chi connectivity index (χ4n) is 2.17. The van der Waals surface area contributed by atoms with Gasteiger partial charge in [-0.2, -0.15) is 4.57 Å². The largest absolute Gasteiger partial charge is 0.469 e. The highest BCUT2D eigenvalue weighted by molar-refractivity contribution is 7.46. The van der Waals surface area contributed by atoms with Gasteiger partial charge in [0.1, 0.15) is 17.8 Å². The summed E-state index contributed by atoms with van der Waals surface area (Å²) in [6.45, 7) is -0.601. The number of aromatic nitrogens is 1. The summed E-state index contributed by atoms with van der Waals surface area (Å²) < 4.78 is 26.3. The zero-order valence-electron chi connectivity index (χ0n) is 12.1. The molecule has 23 heavy (non-hydrogen) atoms. The van der Waals surface area contributed by atoms with E-state index in [9.17, 15) is 19.6 Å². The van der Waals surface area contributed by atoms with Crippen LogP contribution in [0.1, 0.15) is 16.6 Å². The van der Waals surface area contributed by atoms with Crippen molar-refractivity contribution in [3.8, 4) is 0 Å². The van der Waals surface area contributed by atoms with Crippen molar-refractivity contribution in [2.75, 3.05) is 13.7 Å². The smallest absolute Gasteiger partial charge is 0.465 e. The minimum atomic E-state index is -4.72. The van der Waals surface area contributed by atoms with Crippen LogP contribution in [0.5, 0.6) is 0 Å². The summed E-state index contributed by atoms with van der Waals surface area (Å²) in [7, 11) is -3.50. The molecule has 1 fully saturated rings. The van der Waals surface area contributed by atoms with E-state index in [1.54, 1.807) is 0 Å². The molecule has 11 heteroatoms. The number of phosphoric acid groups is 1. The summed E-state index contributed by atoms with van der Waals surface area (Å²) in [5, 5.41) is 19.9. The molecular weight excluding hydrogens is 333 g/mol. The number of nitrogens with zero attached hydrogens (tertiary/aromatic N) is 1. The molecule has 0 radical (unpaired) electrons. The number of pyridine rings is 1. The van der Waals surface area contributed by atoms with Crippen molar-refractivity contribution in [2.45, 2.75) is 24.5 Å². The number of hydrogen-bond acceptors (Lipinski definition) is 7. The summed E-state index contributed by atoms with van der Waals surface area (Å²) in [6.07, 6.45) is -2.13. The van der Waals surface area contributed by atoms with Gasteiger partial charge in [-0.05, 0) is 6.07 Å². The van der Waals surface area contributed by atoms with Crippen LogP contribution in [0.15, 0.2) is 24.5 Å². The Labute approximate surface area is 131 Å². The standard InChI is InChI=1S/C12H16NO9P/c1-20-12(16)7-3-2-4-13(5-7)11-10(15)9(14)8(22-11)6-21-23(17,18)19/h2-5,8-11,14-15H,6H2,1H3,(H-,17,18,19)/p+1/t8-,9?,10?,11-/m1/s1. The first-order chi connectivity index (χ1) is 10.7. The molecule has 0 aromatic carbocycles. The lowest BCUT2D eigenvalue weighted by atomic mass is 10.1. The van der Waals surface area contributed by atoms with Crippen molar-refractivity contribution < 1.29 is 47.9 Å². The third-order valence-corrected chi connectivity index (χ3v) is 3.77.